The first-order valence-electron chi connectivity index (χ1n) is 8.34. The molecule has 29 heavy (non-hydrogen) atoms. The number of nitrogens with one attached hydrogen (secondary N) is 1. The third kappa shape index (κ3) is 4.13. The van der Waals surface area contributed by atoms with Gasteiger partial charge in [-0.2, -0.15) is 5.10 Å². The van der Waals surface area contributed by atoms with Gasteiger partial charge in [-0.1, -0.05) is 51.4 Å². The van der Waals surface area contributed by atoms with Gasteiger partial charge in [0.25, 0.3) is 5.91 Å². The summed E-state index contributed by atoms with van der Waals surface area (Å²) in [6.45, 7) is 1.72. The van der Waals surface area contributed by atoms with Crippen LogP contribution in [-0.4, -0.2) is 25.3 Å². The monoisotopic (exact) mass is 463 g/mol. The lowest BCUT2D eigenvalue weighted by atomic mass is 10.1. The zero-order valence-electron chi connectivity index (χ0n) is 14.9. The van der Waals surface area contributed by atoms with Crippen LogP contribution < -0.4 is 5.32 Å². The lowest BCUT2D eigenvalue weighted by Gasteiger charge is -2.10. The third-order valence-corrected chi connectivity index (χ3v) is 5.72. The van der Waals surface area contributed by atoms with Crippen LogP contribution >= 0.6 is 46.3 Å². The molecule has 0 fully saturated rings. The number of benzene rings is 2. The molecule has 4 aromatic rings. The molecule has 1 N–H and O–H groups in total. The van der Waals surface area contributed by atoms with E-state index in [1.54, 1.807) is 48.0 Å². The molecule has 0 radical (unpaired) electrons. The molecule has 0 aliphatic heterocycles. The minimum atomic E-state index is -0.334. The zero-order chi connectivity index (χ0) is 20.5. The van der Waals surface area contributed by atoms with Crippen LogP contribution in [0.25, 0.3) is 16.9 Å². The first-order valence-corrected chi connectivity index (χ1v) is 10.2. The van der Waals surface area contributed by atoms with Crippen molar-refractivity contribution >= 4 is 58.1 Å². The summed E-state index contributed by atoms with van der Waals surface area (Å²) in [5, 5.41) is 12.9. The minimum absolute atomic E-state index is 0.334. The number of halogens is 3. The summed E-state index contributed by atoms with van der Waals surface area (Å²) in [4.78, 5) is 13.1. The SMILES string of the molecule is Cc1nnsc1C(=O)Nc1cc(-c2ccc(Cl)cc2)nn1-c1cc(Cl)ccc1Cl. The summed E-state index contributed by atoms with van der Waals surface area (Å²) < 4.78 is 5.35. The van der Waals surface area contributed by atoms with E-state index in [1.165, 1.54) is 0 Å². The van der Waals surface area contributed by atoms with Crippen molar-refractivity contribution in [3.05, 3.63) is 74.2 Å². The highest BCUT2D eigenvalue weighted by Crippen LogP contribution is 2.31. The topological polar surface area (TPSA) is 72.7 Å². The van der Waals surface area contributed by atoms with Crippen molar-refractivity contribution in [2.45, 2.75) is 6.92 Å². The summed E-state index contributed by atoms with van der Waals surface area (Å²) in [6, 6.07) is 14.0. The van der Waals surface area contributed by atoms with E-state index in [9.17, 15) is 4.79 Å². The molecule has 0 aliphatic carbocycles. The van der Waals surface area contributed by atoms with Crippen LogP contribution in [0.1, 0.15) is 15.4 Å². The van der Waals surface area contributed by atoms with Crippen molar-refractivity contribution in [1.29, 1.82) is 0 Å². The molecule has 0 atom stereocenters. The van der Waals surface area contributed by atoms with Crippen LogP contribution in [0.3, 0.4) is 0 Å². The summed E-state index contributed by atoms with van der Waals surface area (Å²) in [5.41, 5.74) is 2.55. The highest BCUT2D eigenvalue weighted by molar-refractivity contribution is 7.08. The van der Waals surface area contributed by atoms with E-state index in [-0.39, 0.29) is 5.91 Å². The normalized spacial score (nSPS) is 10.9. The van der Waals surface area contributed by atoms with Gasteiger partial charge < -0.3 is 5.32 Å². The molecule has 0 unspecified atom stereocenters. The van der Waals surface area contributed by atoms with Crippen LogP contribution in [0.4, 0.5) is 5.82 Å². The molecule has 1 amide bonds. The first kappa shape index (κ1) is 19.8. The number of amides is 1. The van der Waals surface area contributed by atoms with Crippen LogP contribution in [-0.2, 0) is 0 Å². The molecule has 0 aliphatic rings. The van der Waals surface area contributed by atoms with Crippen molar-refractivity contribution < 1.29 is 4.79 Å². The number of carbonyl (C=O) groups is 1. The Balaban J connectivity index is 1.81. The maximum Gasteiger partial charge on any atom is 0.270 e. The molecule has 0 saturated heterocycles. The van der Waals surface area contributed by atoms with Gasteiger partial charge in [-0.3, -0.25) is 4.79 Å². The van der Waals surface area contributed by atoms with E-state index in [2.05, 4.69) is 20.0 Å². The molecule has 10 heteroatoms. The molecule has 0 bridgehead atoms. The lowest BCUT2D eigenvalue weighted by Crippen LogP contribution is -2.15. The molecular weight excluding hydrogens is 453 g/mol. The fourth-order valence-electron chi connectivity index (χ4n) is 2.68. The van der Waals surface area contributed by atoms with Crippen molar-refractivity contribution in [1.82, 2.24) is 19.4 Å². The van der Waals surface area contributed by atoms with Gasteiger partial charge >= 0.3 is 0 Å². The van der Waals surface area contributed by atoms with Crippen LogP contribution in [0.15, 0.2) is 48.5 Å². The predicted octanol–water partition coefficient (Wildman–Crippen LogP) is 5.91. The Kier molecular flexibility index (Phi) is 5.56. The standard InChI is InChI=1S/C19H12Cl3N5OS/c1-10-18(29-26-24-10)19(28)23-17-9-15(11-2-4-12(20)5-3-11)25-27(17)16-8-13(21)6-7-14(16)22/h2-9H,1H3,(H,23,28). The Labute approximate surface area is 185 Å². The van der Waals surface area contributed by atoms with E-state index < -0.39 is 0 Å². The summed E-state index contributed by atoms with van der Waals surface area (Å²) in [7, 11) is 0. The fraction of sp³-hybridized carbons (Fsp3) is 0.0526. The van der Waals surface area contributed by atoms with Crippen molar-refractivity contribution in [2.24, 2.45) is 0 Å². The largest absolute Gasteiger partial charge is 0.306 e. The van der Waals surface area contributed by atoms with E-state index in [1.807, 2.05) is 12.1 Å². The number of hydrogen-bond acceptors (Lipinski definition) is 5. The van der Waals surface area contributed by atoms with Gasteiger partial charge in [0.1, 0.15) is 10.7 Å². The second-order valence-electron chi connectivity index (χ2n) is 6.07. The molecule has 0 spiro atoms. The zero-order valence-corrected chi connectivity index (χ0v) is 17.9. The van der Waals surface area contributed by atoms with Crippen molar-refractivity contribution in [3.63, 3.8) is 0 Å². The van der Waals surface area contributed by atoms with E-state index in [4.69, 9.17) is 34.8 Å². The van der Waals surface area contributed by atoms with Crippen molar-refractivity contribution in [3.8, 4) is 16.9 Å². The Morgan fingerprint density at radius 2 is 1.76 bits per heavy atom. The molecule has 6 nitrogen and oxygen atoms in total. The maximum absolute atomic E-state index is 12.7. The Morgan fingerprint density at radius 1 is 1.03 bits per heavy atom. The van der Waals surface area contributed by atoms with Crippen molar-refractivity contribution in [2.75, 3.05) is 5.32 Å². The molecule has 146 valence electrons. The van der Waals surface area contributed by atoms with Gasteiger partial charge in [-0.25, -0.2) is 4.68 Å². The molecule has 4 rings (SSSR count). The van der Waals surface area contributed by atoms with Gasteiger partial charge in [-0.05, 0) is 48.8 Å². The molecule has 0 saturated carbocycles. The number of rotatable bonds is 4. The second kappa shape index (κ2) is 8.12. The van der Waals surface area contributed by atoms with Gasteiger partial charge in [0.15, 0.2) is 0 Å². The average molecular weight is 465 g/mol. The number of aryl methyl sites for hydroxylation is 1. The fourth-order valence-corrected chi connectivity index (χ4v) is 3.72. The Morgan fingerprint density at radius 3 is 2.45 bits per heavy atom. The highest BCUT2D eigenvalue weighted by Gasteiger charge is 2.19. The van der Waals surface area contributed by atoms with E-state index in [0.29, 0.717) is 42.8 Å². The number of nitrogens with zero attached hydrogens (tertiary/aromatic N) is 4. The predicted molar refractivity (Wildman–Crippen MR) is 117 cm³/mol. The van der Waals surface area contributed by atoms with Gasteiger partial charge in [-0.15, -0.1) is 5.10 Å². The van der Waals surface area contributed by atoms with Gasteiger partial charge in [0.05, 0.1) is 22.1 Å². The summed E-state index contributed by atoms with van der Waals surface area (Å²) in [6.07, 6.45) is 0. The highest BCUT2D eigenvalue weighted by atomic mass is 35.5. The summed E-state index contributed by atoms with van der Waals surface area (Å²) >= 11 is 19.5. The lowest BCUT2D eigenvalue weighted by molar-refractivity contribution is 0.102. The average Bonchev–Trinajstić information content (AvgIpc) is 3.30. The second-order valence-corrected chi connectivity index (χ2v) is 8.11. The Hall–Kier alpha value is -2.45. The smallest absolute Gasteiger partial charge is 0.270 e. The van der Waals surface area contributed by atoms with E-state index >= 15 is 0 Å². The number of aromatic nitrogens is 4. The molecule has 2 aromatic heterocycles. The van der Waals surface area contributed by atoms with Crippen LogP contribution in [0.5, 0.6) is 0 Å². The van der Waals surface area contributed by atoms with Crippen LogP contribution in [0.2, 0.25) is 15.1 Å². The maximum atomic E-state index is 12.7. The van der Waals surface area contributed by atoms with E-state index in [0.717, 1.165) is 17.1 Å². The quantitative estimate of drug-likeness (QED) is 0.407. The molecular formula is C19H12Cl3N5OS. The number of hydrogen-bond donors (Lipinski definition) is 1. The first-order chi connectivity index (χ1) is 13.9. The number of anilines is 1. The minimum Gasteiger partial charge on any atom is -0.306 e. The van der Waals surface area contributed by atoms with Crippen LogP contribution in [0, 0.1) is 6.92 Å². The molecule has 2 aromatic carbocycles. The number of carbonyl (C=O) groups excluding carboxylic acids is 1. The Bertz CT molecular complexity index is 1200. The third-order valence-electron chi connectivity index (χ3n) is 4.09. The molecule has 2 heterocycles. The van der Waals surface area contributed by atoms with Gasteiger partial charge in [0.2, 0.25) is 0 Å². The van der Waals surface area contributed by atoms with Gasteiger partial charge in [0, 0.05) is 21.7 Å². The summed E-state index contributed by atoms with van der Waals surface area (Å²) in [5.74, 6) is 0.0939.